The average Bonchev–Trinajstić information content (AvgIpc) is 2.25. The van der Waals surface area contributed by atoms with Crippen molar-refractivity contribution in [3.63, 3.8) is 0 Å². The molecule has 0 bridgehead atoms. The van der Waals surface area contributed by atoms with Gasteiger partial charge in [-0.2, -0.15) is 8.78 Å². The molecule has 0 aliphatic carbocycles. The molecule has 0 unspecified atom stereocenters. The van der Waals surface area contributed by atoms with Crippen molar-refractivity contribution in [3.05, 3.63) is 36.2 Å². The van der Waals surface area contributed by atoms with Crippen molar-refractivity contribution in [2.45, 2.75) is 19.6 Å². The smallest absolute Gasteiger partial charge is 0.316 e. The van der Waals surface area contributed by atoms with Crippen LogP contribution in [-0.4, -0.2) is 16.1 Å². The molecule has 2 rings (SSSR count). The van der Waals surface area contributed by atoms with Gasteiger partial charge in [-0.1, -0.05) is 6.07 Å². The number of nitrogens with zero attached hydrogens (tertiary/aromatic N) is 2. The molecule has 2 aromatic rings. The van der Waals surface area contributed by atoms with Gasteiger partial charge in [-0.3, -0.25) is 9.97 Å². The van der Waals surface area contributed by atoms with Crippen molar-refractivity contribution in [2.75, 3.05) is 0 Å². The van der Waals surface area contributed by atoms with Gasteiger partial charge in [0.15, 0.2) is 0 Å². The van der Waals surface area contributed by atoms with Gasteiger partial charge in [0.2, 0.25) is 0 Å². The third-order valence-corrected chi connectivity index (χ3v) is 2.03. The van der Waals surface area contributed by atoms with Crippen molar-refractivity contribution in [1.29, 1.82) is 0 Å². The number of halogens is 2. The summed E-state index contributed by atoms with van der Waals surface area (Å²) >= 11 is 0. The summed E-state index contributed by atoms with van der Waals surface area (Å²) in [5.41, 5.74) is 2.05. The van der Waals surface area contributed by atoms with Gasteiger partial charge in [0, 0.05) is 19.3 Å². The first-order chi connectivity index (χ1) is 7.54. The molecule has 1 heterocycles. The first-order valence-corrected chi connectivity index (χ1v) is 4.76. The molecule has 0 atom stereocenters. The number of ether oxygens (including phenoxy) is 1. The zero-order valence-corrected chi connectivity index (χ0v) is 8.65. The van der Waals surface area contributed by atoms with E-state index in [-0.39, 0.29) is 6.61 Å². The Morgan fingerprint density at radius 1 is 1.19 bits per heavy atom. The lowest BCUT2D eigenvalue weighted by atomic mass is 10.2. The number of benzene rings is 1. The molecule has 0 aliphatic heterocycles. The second-order valence-electron chi connectivity index (χ2n) is 3.48. The third kappa shape index (κ3) is 2.70. The van der Waals surface area contributed by atoms with Crippen LogP contribution in [0.15, 0.2) is 30.6 Å². The van der Waals surface area contributed by atoms with E-state index in [0.717, 1.165) is 5.52 Å². The van der Waals surface area contributed by atoms with Gasteiger partial charge in [-0.25, -0.2) is 0 Å². The highest BCUT2D eigenvalue weighted by Crippen LogP contribution is 2.18. The van der Waals surface area contributed by atoms with Gasteiger partial charge in [-0.15, -0.1) is 0 Å². The van der Waals surface area contributed by atoms with Crippen LogP contribution in [0, 0.1) is 0 Å². The molecule has 0 saturated carbocycles. The highest BCUT2D eigenvalue weighted by Gasteiger charge is 2.21. The maximum Gasteiger partial charge on any atom is 0.353 e. The summed E-state index contributed by atoms with van der Waals surface area (Å²) in [5.74, 6) is 0. The van der Waals surface area contributed by atoms with Crippen molar-refractivity contribution in [1.82, 2.24) is 9.97 Å². The molecular formula is C11H10F2N2O. The Morgan fingerprint density at radius 3 is 2.56 bits per heavy atom. The van der Waals surface area contributed by atoms with Crippen LogP contribution in [0.2, 0.25) is 0 Å². The van der Waals surface area contributed by atoms with E-state index >= 15 is 0 Å². The quantitative estimate of drug-likeness (QED) is 0.804. The Kier molecular flexibility index (Phi) is 2.78. The van der Waals surface area contributed by atoms with Crippen LogP contribution in [0.25, 0.3) is 11.0 Å². The van der Waals surface area contributed by atoms with Crippen molar-refractivity contribution in [2.24, 2.45) is 0 Å². The molecule has 1 aromatic heterocycles. The summed E-state index contributed by atoms with van der Waals surface area (Å²) in [6, 6.07) is 5.12. The predicted molar refractivity (Wildman–Crippen MR) is 54.9 cm³/mol. The largest absolute Gasteiger partial charge is 0.353 e. The molecule has 0 aliphatic rings. The number of rotatable bonds is 3. The fraction of sp³-hybridized carbons (Fsp3) is 0.273. The minimum Gasteiger partial charge on any atom is -0.316 e. The van der Waals surface area contributed by atoms with Crippen LogP contribution in [-0.2, 0) is 11.3 Å². The fourth-order valence-corrected chi connectivity index (χ4v) is 1.31. The summed E-state index contributed by atoms with van der Waals surface area (Å²) in [4.78, 5) is 8.16. The maximum absolute atomic E-state index is 12.5. The summed E-state index contributed by atoms with van der Waals surface area (Å²) in [6.07, 6.45) is 0.0252. The van der Waals surface area contributed by atoms with Crippen molar-refractivity contribution >= 4 is 11.0 Å². The third-order valence-electron chi connectivity index (χ3n) is 2.03. The van der Waals surface area contributed by atoms with E-state index < -0.39 is 6.11 Å². The minimum absolute atomic E-state index is 0.143. The monoisotopic (exact) mass is 224 g/mol. The SMILES string of the molecule is CC(F)(F)OCc1ccc2nccnc2c1. The summed E-state index contributed by atoms with van der Waals surface area (Å²) in [6.45, 7) is 0.573. The molecule has 0 radical (unpaired) electrons. The number of aromatic nitrogens is 2. The second-order valence-corrected chi connectivity index (χ2v) is 3.48. The zero-order chi connectivity index (χ0) is 11.6. The molecule has 1 aromatic carbocycles. The molecule has 0 N–H and O–H groups in total. The van der Waals surface area contributed by atoms with Gasteiger partial charge in [0.25, 0.3) is 0 Å². The summed E-state index contributed by atoms with van der Waals surface area (Å²) < 4.78 is 29.3. The molecule has 0 fully saturated rings. The Hall–Kier alpha value is -1.62. The van der Waals surface area contributed by atoms with E-state index in [4.69, 9.17) is 0 Å². The lowest BCUT2D eigenvalue weighted by Crippen LogP contribution is -2.14. The van der Waals surface area contributed by atoms with Crippen molar-refractivity contribution in [3.8, 4) is 0 Å². The normalized spacial score (nSPS) is 11.9. The van der Waals surface area contributed by atoms with Crippen LogP contribution in [0.1, 0.15) is 12.5 Å². The Balaban J connectivity index is 2.20. The Morgan fingerprint density at radius 2 is 1.88 bits per heavy atom. The number of fused-ring (bicyclic) bond motifs is 1. The van der Waals surface area contributed by atoms with Crippen LogP contribution < -0.4 is 0 Å². The molecule has 3 nitrogen and oxygen atoms in total. The van der Waals surface area contributed by atoms with Crippen molar-refractivity contribution < 1.29 is 13.5 Å². The lowest BCUT2D eigenvalue weighted by molar-refractivity contribution is -0.231. The molecular weight excluding hydrogens is 214 g/mol. The topological polar surface area (TPSA) is 35.0 Å². The van der Waals surface area contributed by atoms with E-state index in [1.165, 1.54) is 0 Å². The molecule has 5 heteroatoms. The minimum atomic E-state index is -3.11. The van der Waals surface area contributed by atoms with E-state index in [2.05, 4.69) is 14.7 Å². The van der Waals surface area contributed by atoms with E-state index in [0.29, 0.717) is 18.0 Å². The molecule has 0 saturated heterocycles. The predicted octanol–water partition coefficient (Wildman–Crippen LogP) is 2.76. The van der Waals surface area contributed by atoms with Gasteiger partial charge in [0.05, 0.1) is 17.6 Å². The molecule has 84 valence electrons. The lowest BCUT2D eigenvalue weighted by Gasteiger charge is -2.11. The van der Waals surface area contributed by atoms with Crippen LogP contribution in [0.3, 0.4) is 0 Å². The first-order valence-electron chi connectivity index (χ1n) is 4.76. The first kappa shape index (κ1) is 10.9. The highest BCUT2D eigenvalue weighted by atomic mass is 19.3. The fourth-order valence-electron chi connectivity index (χ4n) is 1.31. The molecule has 0 amide bonds. The Bertz CT molecular complexity index is 497. The number of hydrogen-bond donors (Lipinski definition) is 0. The highest BCUT2D eigenvalue weighted by molar-refractivity contribution is 5.74. The van der Waals surface area contributed by atoms with Crippen LogP contribution in [0.5, 0.6) is 0 Å². The second kappa shape index (κ2) is 4.09. The number of hydrogen-bond acceptors (Lipinski definition) is 3. The average molecular weight is 224 g/mol. The van der Waals surface area contributed by atoms with Gasteiger partial charge < -0.3 is 4.74 Å². The molecule has 0 spiro atoms. The van der Waals surface area contributed by atoms with Gasteiger partial charge in [-0.05, 0) is 17.7 Å². The van der Waals surface area contributed by atoms with E-state index in [9.17, 15) is 8.78 Å². The maximum atomic E-state index is 12.5. The Labute approximate surface area is 91.1 Å². The van der Waals surface area contributed by atoms with E-state index in [1.54, 1.807) is 30.6 Å². The van der Waals surface area contributed by atoms with E-state index in [1.807, 2.05) is 0 Å². The molecule has 16 heavy (non-hydrogen) atoms. The standard InChI is InChI=1S/C11H10F2N2O/c1-11(12,13)16-7-8-2-3-9-10(6-8)15-5-4-14-9/h2-6H,7H2,1H3. The van der Waals surface area contributed by atoms with Crippen LogP contribution in [0.4, 0.5) is 8.78 Å². The van der Waals surface area contributed by atoms with Crippen LogP contribution >= 0.6 is 0 Å². The zero-order valence-electron chi connectivity index (χ0n) is 8.65. The van der Waals surface area contributed by atoms with Gasteiger partial charge in [0.1, 0.15) is 0 Å². The summed E-state index contributed by atoms with van der Waals surface area (Å²) in [7, 11) is 0. The van der Waals surface area contributed by atoms with Gasteiger partial charge >= 0.3 is 6.11 Å². The summed E-state index contributed by atoms with van der Waals surface area (Å²) in [5, 5.41) is 0. The number of alkyl halides is 2.